The number of carbonyl (C=O) groups excluding carboxylic acids is 1. The van der Waals surface area contributed by atoms with Crippen molar-refractivity contribution < 1.29 is 4.79 Å². The van der Waals surface area contributed by atoms with E-state index in [1.54, 1.807) is 28.3 Å². The highest BCUT2D eigenvalue weighted by Gasteiger charge is 2.08. The lowest BCUT2D eigenvalue weighted by Crippen LogP contribution is -2.23. The first-order valence-electron chi connectivity index (χ1n) is 5.13. The Hall–Kier alpha value is -1.62. The first-order chi connectivity index (χ1) is 7.79. The zero-order valence-corrected chi connectivity index (χ0v) is 9.83. The molecule has 84 valence electrons. The van der Waals surface area contributed by atoms with Gasteiger partial charge in [0.2, 0.25) is 0 Å². The Balaban J connectivity index is 1.93. The number of nitrogens with one attached hydrogen (secondary N) is 1. The minimum Gasteiger partial charge on any atom is -0.346 e. The Labute approximate surface area is 97.9 Å². The number of amides is 1. The summed E-state index contributed by atoms with van der Waals surface area (Å²) in [5.74, 6) is -0.124. The Morgan fingerprint density at radius 3 is 3.06 bits per heavy atom. The van der Waals surface area contributed by atoms with Crippen molar-refractivity contribution in [3.63, 3.8) is 0 Å². The lowest BCUT2D eigenvalue weighted by atomic mass is 10.4. The van der Waals surface area contributed by atoms with E-state index >= 15 is 0 Å². The van der Waals surface area contributed by atoms with Gasteiger partial charge in [0, 0.05) is 17.6 Å². The fourth-order valence-corrected chi connectivity index (χ4v) is 1.97. The van der Waals surface area contributed by atoms with Crippen LogP contribution in [-0.2, 0) is 13.1 Å². The number of hydrogen-bond donors (Lipinski definition) is 1. The molecule has 16 heavy (non-hydrogen) atoms. The van der Waals surface area contributed by atoms with Crippen LogP contribution in [0.1, 0.15) is 22.3 Å². The van der Waals surface area contributed by atoms with Crippen LogP contribution in [0.4, 0.5) is 0 Å². The zero-order valence-electron chi connectivity index (χ0n) is 9.01. The quantitative estimate of drug-likeness (QED) is 0.879. The van der Waals surface area contributed by atoms with Gasteiger partial charge in [0.15, 0.2) is 0 Å². The van der Waals surface area contributed by atoms with Gasteiger partial charge in [0.05, 0.1) is 6.54 Å². The van der Waals surface area contributed by atoms with Gasteiger partial charge in [-0.3, -0.25) is 9.48 Å². The molecule has 2 heterocycles. The molecule has 0 aliphatic carbocycles. The van der Waals surface area contributed by atoms with Gasteiger partial charge in [0.1, 0.15) is 5.69 Å². The van der Waals surface area contributed by atoms with E-state index < -0.39 is 0 Å². The minimum absolute atomic E-state index is 0.124. The predicted molar refractivity (Wildman–Crippen MR) is 63.4 cm³/mol. The van der Waals surface area contributed by atoms with Gasteiger partial charge in [-0.1, -0.05) is 6.07 Å². The number of carbonyl (C=O) groups is 1. The van der Waals surface area contributed by atoms with Crippen LogP contribution in [0.2, 0.25) is 0 Å². The van der Waals surface area contributed by atoms with Crippen molar-refractivity contribution in [2.45, 2.75) is 20.0 Å². The highest BCUT2D eigenvalue weighted by atomic mass is 32.1. The summed E-state index contributed by atoms with van der Waals surface area (Å²) in [6, 6.07) is 5.70. The number of nitrogens with zero attached hydrogens (tertiary/aromatic N) is 2. The number of aromatic nitrogens is 2. The lowest BCUT2D eigenvalue weighted by Gasteiger charge is -2.00. The predicted octanol–water partition coefficient (Wildman–Crippen LogP) is 1.89. The van der Waals surface area contributed by atoms with Crippen LogP contribution in [-0.4, -0.2) is 15.7 Å². The third-order valence-electron chi connectivity index (χ3n) is 2.20. The molecule has 0 fully saturated rings. The van der Waals surface area contributed by atoms with Crippen molar-refractivity contribution in [1.82, 2.24) is 15.1 Å². The fraction of sp³-hybridized carbons (Fsp3) is 0.273. The third kappa shape index (κ3) is 2.49. The van der Waals surface area contributed by atoms with Crippen LogP contribution in [0.3, 0.4) is 0 Å². The molecule has 2 aromatic rings. The maximum atomic E-state index is 11.7. The van der Waals surface area contributed by atoms with Crippen molar-refractivity contribution in [3.8, 4) is 0 Å². The standard InChI is InChI=1S/C11H13N3OS/c1-2-14-6-5-10(13-14)11(15)12-8-9-4-3-7-16-9/h3-7H,2,8H2,1H3,(H,12,15). The van der Waals surface area contributed by atoms with Crippen molar-refractivity contribution in [1.29, 1.82) is 0 Å². The Morgan fingerprint density at radius 1 is 1.56 bits per heavy atom. The molecule has 2 aromatic heterocycles. The van der Waals surface area contributed by atoms with Crippen molar-refractivity contribution in [2.75, 3.05) is 0 Å². The number of aryl methyl sites for hydroxylation is 1. The summed E-state index contributed by atoms with van der Waals surface area (Å²) in [6.45, 7) is 3.33. The van der Waals surface area contributed by atoms with E-state index in [0.29, 0.717) is 12.2 Å². The lowest BCUT2D eigenvalue weighted by molar-refractivity contribution is 0.0945. The molecular weight excluding hydrogens is 222 g/mol. The third-order valence-corrected chi connectivity index (χ3v) is 3.08. The first-order valence-corrected chi connectivity index (χ1v) is 6.01. The second kappa shape index (κ2) is 4.94. The molecule has 0 radical (unpaired) electrons. The summed E-state index contributed by atoms with van der Waals surface area (Å²) in [5, 5.41) is 8.96. The molecule has 5 heteroatoms. The maximum Gasteiger partial charge on any atom is 0.272 e. The first kappa shape index (κ1) is 10.9. The summed E-state index contributed by atoms with van der Waals surface area (Å²) in [7, 11) is 0. The van der Waals surface area contributed by atoms with Crippen LogP contribution in [0, 0.1) is 0 Å². The Morgan fingerprint density at radius 2 is 2.44 bits per heavy atom. The molecule has 0 aromatic carbocycles. The molecule has 0 atom stereocenters. The zero-order chi connectivity index (χ0) is 11.4. The largest absolute Gasteiger partial charge is 0.346 e. The van der Waals surface area contributed by atoms with Crippen LogP contribution < -0.4 is 5.32 Å². The van der Waals surface area contributed by atoms with Crippen molar-refractivity contribution in [2.24, 2.45) is 0 Å². The van der Waals surface area contributed by atoms with Gasteiger partial charge in [-0.15, -0.1) is 11.3 Å². The van der Waals surface area contributed by atoms with Gasteiger partial charge in [-0.2, -0.15) is 5.10 Å². The van der Waals surface area contributed by atoms with Gasteiger partial charge < -0.3 is 5.32 Å². The molecule has 0 aliphatic heterocycles. The average Bonchev–Trinajstić information content (AvgIpc) is 2.96. The van der Waals surface area contributed by atoms with E-state index in [9.17, 15) is 4.79 Å². The Bertz CT molecular complexity index is 461. The molecule has 0 unspecified atom stereocenters. The molecule has 0 saturated carbocycles. The van der Waals surface area contributed by atoms with Crippen LogP contribution >= 0.6 is 11.3 Å². The molecule has 0 saturated heterocycles. The van der Waals surface area contributed by atoms with Gasteiger partial charge in [-0.05, 0) is 24.4 Å². The molecular formula is C11H13N3OS. The van der Waals surface area contributed by atoms with E-state index in [0.717, 1.165) is 11.4 Å². The van der Waals surface area contributed by atoms with Crippen molar-refractivity contribution >= 4 is 17.2 Å². The SMILES string of the molecule is CCn1ccc(C(=O)NCc2cccs2)n1. The summed E-state index contributed by atoms with van der Waals surface area (Å²) < 4.78 is 1.74. The summed E-state index contributed by atoms with van der Waals surface area (Å²) in [4.78, 5) is 12.8. The van der Waals surface area contributed by atoms with Crippen LogP contribution in [0.5, 0.6) is 0 Å². The number of rotatable bonds is 4. The number of thiophene rings is 1. The summed E-state index contributed by atoms with van der Waals surface area (Å²) in [5.41, 5.74) is 0.471. The summed E-state index contributed by atoms with van der Waals surface area (Å²) >= 11 is 1.63. The fourth-order valence-electron chi connectivity index (χ4n) is 1.33. The van der Waals surface area contributed by atoms with Crippen LogP contribution in [0.25, 0.3) is 0 Å². The van der Waals surface area contributed by atoms with E-state index in [2.05, 4.69) is 10.4 Å². The molecule has 2 rings (SSSR count). The van der Waals surface area contributed by atoms with E-state index in [1.807, 2.05) is 24.4 Å². The van der Waals surface area contributed by atoms with Crippen molar-refractivity contribution in [3.05, 3.63) is 40.3 Å². The highest BCUT2D eigenvalue weighted by Crippen LogP contribution is 2.07. The van der Waals surface area contributed by atoms with Gasteiger partial charge in [0.25, 0.3) is 5.91 Å². The Kier molecular flexibility index (Phi) is 3.36. The second-order valence-corrected chi connectivity index (χ2v) is 4.35. The molecule has 0 aliphatic rings. The topological polar surface area (TPSA) is 46.9 Å². The molecule has 1 amide bonds. The molecule has 4 nitrogen and oxygen atoms in total. The molecule has 0 spiro atoms. The van der Waals surface area contributed by atoms with Crippen LogP contribution in [0.15, 0.2) is 29.8 Å². The molecule has 1 N–H and O–H groups in total. The monoisotopic (exact) mass is 235 g/mol. The van der Waals surface area contributed by atoms with E-state index in [4.69, 9.17) is 0 Å². The van der Waals surface area contributed by atoms with E-state index in [1.165, 1.54) is 0 Å². The van der Waals surface area contributed by atoms with Gasteiger partial charge in [-0.25, -0.2) is 0 Å². The van der Waals surface area contributed by atoms with E-state index in [-0.39, 0.29) is 5.91 Å². The molecule has 0 bridgehead atoms. The minimum atomic E-state index is -0.124. The summed E-state index contributed by atoms with van der Waals surface area (Å²) in [6.07, 6.45) is 1.81. The highest BCUT2D eigenvalue weighted by molar-refractivity contribution is 7.09. The maximum absolute atomic E-state index is 11.7. The normalized spacial score (nSPS) is 10.3. The smallest absolute Gasteiger partial charge is 0.272 e. The second-order valence-electron chi connectivity index (χ2n) is 3.32. The van der Waals surface area contributed by atoms with Gasteiger partial charge >= 0.3 is 0 Å². The average molecular weight is 235 g/mol. The number of hydrogen-bond acceptors (Lipinski definition) is 3.